The van der Waals surface area contributed by atoms with Crippen LogP contribution in [0, 0.1) is 5.82 Å². The van der Waals surface area contributed by atoms with Gasteiger partial charge in [0, 0.05) is 29.1 Å². The summed E-state index contributed by atoms with van der Waals surface area (Å²) < 4.78 is 13.3. The maximum atomic E-state index is 13.3. The van der Waals surface area contributed by atoms with Gasteiger partial charge in [-0.3, -0.25) is 0 Å². The van der Waals surface area contributed by atoms with E-state index in [1.54, 1.807) is 6.07 Å². The van der Waals surface area contributed by atoms with Crippen LogP contribution in [0.15, 0.2) is 42.6 Å². The van der Waals surface area contributed by atoms with E-state index in [9.17, 15) is 4.39 Å². The second kappa shape index (κ2) is 4.96. The molecule has 0 fully saturated rings. The molecule has 0 atom stereocenters. The molecular formula is C17H15FN4. The number of halogens is 1. The lowest BCUT2D eigenvalue weighted by molar-refractivity contribution is 0.629. The Hall–Kier alpha value is -2.66. The largest absolute Gasteiger partial charge is 0.360 e. The Labute approximate surface area is 126 Å². The van der Waals surface area contributed by atoms with Crippen LogP contribution >= 0.6 is 0 Å². The number of benzene rings is 2. The molecule has 22 heavy (non-hydrogen) atoms. The first kappa shape index (κ1) is 13.0. The number of imidazole rings is 1. The summed E-state index contributed by atoms with van der Waals surface area (Å²) >= 11 is 0. The third-order valence-corrected chi connectivity index (χ3v) is 3.87. The zero-order valence-corrected chi connectivity index (χ0v) is 11.9. The van der Waals surface area contributed by atoms with Crippen LogP contribution in [-0.2, 0) is 6.42 Å². The Balaban J connectivity index is 1.85. The molecule has 2 heterocycles. The summed E-state index contributed by atoms with van der Waals surface area (Å²) in [5, 5.41) is 1.00. The number of rotatable bonds is 3. The fraction of sp³-hybridized carbons (Fsp3) is 0.118. The van der Waals surface area contributed by atoms with Crippen LogP contribution in [0.4, 0.5) is 4.39 Å². The second-order valence-electron chi connectivity index (χ2n) is 5.35. The lowest BCUT2D eigenvalue weighted by atomic mass is 10.0. The predicted molar refractivity (Wildman–Crippen MR) is 86.1 cm³/mol. The number of nitrogens with zero attached hydrogens (tertiary/aromatic N) is 1. The van der Waals surface area contributed by atoms with Crippen molar-refractivity contribution in [3.63, 3.8) is 0 Å². The highest BCUT2D eigenvalue weighted by Gasteiger charge is 2.09. The van der Waals surface area contributed by atoms with Crippen molar-refractivity contribution in [3.8, 4) is 11.1 Å². The van der Waals surface area contributed by atoms with Crippen molar-refractivity contribution < 1.29 is 4.39 Å². The second-order valence-corrected chi connectivity index (χ2v) is 5.35. The van der Waals surface area contributed by atoms with Crippen LogP contribution in [-0.4, -0.2) is 21.5 Å². The molecule has 4 N–H and O–H groups in total. The van der Waals surface area contributed by atoms with E-state index in [4.69, 9.17) is 5.73 Å². The molecule has 4 nitrogen and oxygen atoms in total. The Kier molecular flexibility index (Phi) is 2.94. The number of aromatic nitrogens is 3. The molecular weight excluding hydrogens is 279 g/mol. The van der Waals surface area contributed by atoms with E-state index in [2.05, 4.69) is 21.0 Å². The van der Waals surface area contributed by atoms with Gasteiger partial charge in [0.25, 0.3) is 0 Å². The number of aromatic amines is 2. The zero-order valence-electron chi connectivity index (χ0n) is 11.9. The van der Waals surface area contributed by atoms with Crippen LogP contribution in [0.25, 0.3) is 33.1 Å². The highest BCUT2D eigenvalue weighted by Crippen LogP contribution is 2.30. The normalized spacial score (nSPS) is 11.5. The summed E-state index contributed by atoms with van der Waals surface area (Å²) in [7, 11) is 0. The summed E-state index contributed by atoms with van der Waals surface area (Å²) in [5.41, 5.74) is 10.4. The van der Waals surface area contributed by atoms with Crippen LogP contribution < -0.4 is 5.73 Å². The van der Waals surface area contributed by atoms with Gasteiger partial charge in [0.1, 0.15) is 11.6 Å². The molecule has 0 aliphatic carbocycles. The van der Waals surface area contributed by atoms with Gasteiger partial charge in [0.05, 0.1) is 11.0 Å². The van der Waals surface area contributed by atoms with Crippen molar-refractivity contribution >= 4 is 21.9 Å². The van der Waals surface area contributed by atoms with Gasteiger partial charge < -0.3 is 15.7 Å². The van der Waals surface area contributed by atoms with E-state index in [-0.39, 0.29) is 5.82 Å². The first-order valence-electron chi connectivity index (χ1n) is 7.20. The molecule has 0 saturated heterocycles. The molecule has 4 rings (SSSR count). The summed E-state index contributed by atoms with van der Waals surface area (Å²) in [4.78, 5) is 10.9. The molecule has 0 spiro atoms. The fourth-order valence-corrected chi connectivity index (χ4v) is 2.82. The highest BCUT2D eigenvalue weighted by atomic mass is 19.1. The Morgan fingerprint density at radius 3 is 2.86 bits per heavy atom. The van der Waals surface area contributed by atoms with Gasteiger partial charge in [-0.15, -0.1) is 0 Å². The molecule has 0 aliphatic heterocycles. The number of fused-ring (bicyclic) bond motifs is 2. The van der Waals surface area contributed by atoms with Crippen LogP contribution in [0.3, 0.4) is 0 Å². The first-order valence-corrected chi connectivity index (χ1v) is 7.20. The van der Waals surface area contributed by atoms with E-state index in [1.165, 1.54) is 12.1 Å². The predicted octanol–water partition coefficient (Wildman–Crippen LogP) is 3.35. The molecule has 0 unspecified atom stereocenters. The van der Waals surface area contributed by atoms with Crippen LogP contribution in [0.5, 0.6) is 0 Å². The van der Waals surface area contributed by atoms with E-state index < -0.39 is 0 Å². The third kappa shape index (κ3) is 2.07. The van der Waals surface area contributed by atoms with Gasteiger partial charge >= 0.3 is 0 Å². The zero-order chi connectivity index (χ0) is 15.1. The summed E-state index contributed by atoms with van der Waals surface area (Å²) in [5.74, 6) is 0.659. The van der Waals surface area contributed by atoms with Crippen molar-refractivity contribution in [2.45, 2.75) is 6.42 Å². The number of H-pyrrole nitrogens is 2. The molecule has 0 bridgehead atoms. The number of hydrogen-bond donors (Lipinski definition) is 3. The minimum atomic E-state index is -0.239. The molecule has 2 aromatic heterocycles. The summed E-state index contributed by atoms with van der Waals surface area (Å²) in [6.07, 6.45) is 2.64. The smallest absolute Gasteiger partial charge is 0.125 e. The van der Waals surface area contributed by atoms with Gasteiger partial charge in [-0.2, -0.15) is 0 Å². The number of nitrogens with two attached hydrogens (primary N) is 1. The molecule has 0 aliphatic rings. The van der Waals surface area contributed by atoms with Crippen molar-refractivity contribution in [2.24, 2.45) is 5.73 Å². The van der Waals surface area contributed by atoms with E-state index in [0.717, 1.165) is 45.3 Å². The van der Waals surface area contributed by atoms with Gasteiger partial charge in [-0.1, -0.05) is 6.07 Å². The Bertz CT molecular complexity index is 967. The maximum absolute atomic E-state index is 13.3. The molecule has 4 aromatic rings. The Morgan fingerprint density at radius 2 is 2.00 bits per heavy atom. The van der Waals surface area contributed by atoms with Crippen molar-refractivity contribution in [1.82, 2.24) is 15.0 Å². The van der Waals surface area contributed by atoms with Gasteiger partial charge in [0.15, 0.2) is 0 Å². The molecule has 0 amide bonds. The molecule has 2 aromatic carbocycles. The monoisotopic (exact) mass is 294 g/mol. The van der Waals surface area contributed by atoms with Crippen molar-refractivity contribution in [1.29, 1.82) is 0 Å². The van der Waals surface area contributed by atoms with E-state index >= 15 is 0 Å². The maximum Gasteiger partial charge on any atom is 0.125 e. The minimum Gasteiger partial charge on any atom is -0.360 e. The van der Waals surface area contributed by atoms with Gasteiger partial charge in [-0.05, 0) is 42.4 Å². The molecule has 5 heteroatoms. The topological polar surface area (TPSA) is 70.5 Å². The van der Waals surface area contributed by atoms with Crippen LogP contribution in [0.1, 0.15) is 5.82 Å². The van der Waals surface area contributed by atoms with Crippen molar-refractivity contribution in [3.05, 3.63) is 54.2 Å². The average Bonchev–Trinajstić information content (AvgIpc) is 3.09. The first-order chi connectivity index (χ1) is 10.7. The van der Waals surface area contributed by atoms with Crippen molar-refractivity contribution in [2.75, 3.05) is 6.54 Å². The summed E-state index contributed by atoms with van der Waals surface area (Å²) in [6.45, 7) is 0.570. The van der Waals surface area contributed by atoms with E-state index in [0.29, 0.717) is 6.54 Å². The van der Waals surface area contributed by atoms with Gasteiger partial charge in [0.2, 0.25) is 0 Å². The number of nitrogens with one attached hydrogen (secondary N) is 2. The SMILES string of the molecule is NCCc1nc2ccc(-c3c[nH]c4cc(F)ccc34)cc2[nH]1. The average molecular weight is 294 g/mol. The molecule has 0 saturated carbocycles. The van der Waals surface area contributed by atoms with Gasteiger partial charge in [-0.25, -0.2) is 9.37 Å². The molecule has 110 valence electrons. The summed E-state index contributed by atoms with van der Waals surface area (Å²) in [6, 6.07) is 10.9. The molecule has 0 radical (unpaired) electrons. The Morgan fingerprint density at radius 1 is 1.09 bits per heavy atom. The highest BCUT2D eigenvalue weighted by molar-refractivity contribution is 5.97. The third-order valence-electron chi connectivity index (χ3n) is 3.87. The quantitative estimate of drug-likeness (QED) is 0.542. The minimum absolute atomic E-state index is 0.239. The number of hydrogen-bond acceptors (Lipinski definition) is 2. The van der Waals surface area contributed by atoms with Crippen LogP contribution in [0.2, 0.25) is 0 Å². The fourth-order valence-electron chi connectivity index (χ4n) is 2.82. The lowest BCUT2D eigenvalue weighted by Gasteiger charge is -2.00. The standard InChI is InChI=1S/C17H15FN4/c18-11-2-3-12-13(9-20-15(12)8-11)10-1-4-14-16(7-10)22-17(21-14)5-6-19/h1-4,7-9,20H,5-6,19H2,(H,21,22). The van der Waals surface area contributed by atoms with E-state index in [1.807, 2.05) is 18.3 Å². The lowest BCUT2D eigenvalue weighted by Crippen LogP contribution is -2.03.